The molecule has 0 bridgehead atoms. The molecule has 1 aromatic rings. The standard InChI is InChI=1S/C6H4F2.C4H10.C2H6/c7-5-2-1-3-6(8)4-5;1-3-4-2;1-2/h1-4H;3-4H2,1-2H3;1-2H3. The maximum atomic E-state index is 11.9. The highest BCUT2D eigenvalue weighted by Gasteiger charge is 1.88. The van der Waals surface area contributed by atoms with Gasteiger partial charge in [0.15, 0.2) is 0 Å². The van der Waals surface area contributed by atoms with E-state index >= 15 is 0 Å². The molecule has 0 aromatic heterocycles. The predicted octanol–water partition coefficient (Wildman–Crippen LogP) is 4.80. The van der Waals surface area contributed by atoms with Crippen LogP contribution in [0.15, 0.2) is 24.3 Å². The van der Waals surface area contributed by atoms with Gasteiger partial charge in [0.05, 0.1) is 0 Å². The summed E-state index contributed by atoms with van der Waals surface area (Å²) in [6.45, 7) is 8.36. The van der Waals surface area contributed by atoms with E-state index in [0.717, 1.165) is 6.07 Å². The van der Waals surface area contributed by atoms with E-state index in [-0.39, 0.29) is 0 Å². The fourth-order valence-electron chi connectivity index (χ4n) is 0.460. The van der Waals surface area contributed by atoms with E-state index in [0.29, 0.717) is 0 Å². The molecule has 1 aromatic carbocycles. The molecular formula is C12H20F2. The minimum atomic E-state index is -0.537. The van der Waals surface area contributed by atoms with Crippen molar-refractivity contribution in [1.82, 2.24) is 0 Å². The number of rotatable bonds is 1. The molecule has 0 aliphatic rings. The van der Waals surface area contributed by atoms with Crippen molar-refractivity contribution in [2.45, 2.75) is 40.5 Å². The lowest BCUT2D eigenvalue weighted by Crippen LogP contribution is -1.73. The van der Waals surface area contributed by atoms with E-state index in [2.05, 4.69) is 13.8 Å². The summed E-state index contributed by atoms with van der Waals surface area (Å²) in [7, 11) is 0. The minimum absolute atomic E-state index is 0.537. The Bertz CT molecular complexity index is 190. The average molecular weight is 202 g/mol. The topological polar surface area (TPSA) is 0 Å². The highest BCUT2D eigenvalue weighted by atomic mass is 19.1. The van der Waals surface area contributed by atoms with Crippen molar-refractivity contribution < 1.29 is 8.78 Å². The summed E-state index contributed by atoms with van der Waals surface area (Å²) in [5.41, 5.74) is 0. The van der Waals surface area contributed by atoms with Crippen LogP contribution in [0.5, 0.6) is 0 Å². The Morgan fingerprint density at radius 2 is 1.29 bits per heavy atom. The van der Waals surface area contributed by atoms with Crippen molar-refractivity contribution in [2.75, 3.05) is 0 Å². The molecule has 0 unspecified atom stereocenters. The van der Waals surface area contributed by atoms with Crippen LogP contribution in [0, 0.1) is 11.6 Å². The Labute approximate surface area is 86.0 Å². The molecule has 0 N–H and O–H groups in total. The van der Waals surface area contributed by atoms with Crippen LogP contribution in [0.4, 0.5) is 8.78 Å². The molecule has 0 radical (unpaired) electrons. The first-order valence-electron chi connectivity index (χ1n) is 5.11. The Kier molecular flexibility index (Phi) is 13.4. The first-order chi connectivity index (χ1) is 6.70. The zero-order chi connectivity index (χ0) is 11.4. The average Bonchev–Trinajstić information content (AvgIpc) is 2.21. The third-order valence-electron chi connectivity index (χ3n) is 1.29. The van der Waals surface area contributed by atoms with Gasteiger partial charge in [0, 0.05) is 6.07 Å². The molecular weight excluding hydrogens is 182 g/mol. The van der Waals surface area contributed by atoms with Gasteiger partial charge in [-0.1, -0.05) is 46.6 Å². The van der Waals surface area contributed by atoms with Crippen LogP contribution in [0.2, 0.25) is 0 Å². The minimum Gasteiger partial charge on any atom is -0.207 e. The summed E-state index contributed by atoms with van der Waals surface area (Å²) in [6, 6.07) is 4.55. The molecule has 0 fully saturated rings. The summed E-state index contributed by atoms with van der Waals surface area (Å²) in [5.74, 6) is -1.07. The maximum Gasteiger partial charge on any atom is 0.126 e. The molecule has 0 aliphatic heterocycles. The Balaban J connectivity index is 0. The van der Waals surface area contributed by atoms with Crippen LogP contribution in [0.1, 0.15) is 40.5 Å². The van der Waals surface area contributed by atoms with Crippen molar-refractivity contribution >= 4 is 0 Å². The summed E-state index contributed by atoms with van der Waals surface area (Å²) < 4.78 is 23.9. The molecule has 1 rings (SSSR count). The second kappa shape index (κ2) is 12.1. The second-order valence-corrected chi connectivity index (χ2v) is 2.44. The summed E-state index contributed by atoms with van der Waals surface area (Å²) >= 11 is 0. The maximum absolute atomic E-state index is 11.9. The molecule has 0 nitrogen and oxygen atoms in total. The molecule has 0 spiro atoms. The lowest BCUT2D eigenvalue weighted by Gasteiger charge is -1.84. The van der Waals surface area contributed by atoms with Crippen molar-refractivity contribution in [3.63, 3.8) is 0 Å². The molecule has 14 heavy (non-hydrogen) atoms. The van der Waals surface area contributed by atoms with Gasteiger partial charge in [-0.2, -0.15) is 0 Å². The highest BCUT2D eigenvalue weighted by Crippen LogP contribution is 1.99. The Morgan fingerprint density at radius 1 is 0.929 bits per heavy atom. The SMILES string of the molecule is CC.CCCC.Fc1cccc(F)c1. The van der Waals surface area contributed by atoms with Crippen molar-refractivity contribution in [3.8, 4) is 0 Å². The van der Waals surface area contributed by atoms with Gasteiger partial charge in [0.1, 0.15) is 11.6 Å². The third kappa shape index (κ3) is 11.1. The Hall–Kier alpha value is -0.920. The van der Waals surface area contributed by atoms with E-state index in [1.54, 1.807) is 0 Å². The molecule has 82 valence electrons. The third-order valence-corrected chi connectivity index (χ3v) is 1.29. The predicted molar refractivity (Wildman–Crippen MR) is 58.3 cm³/mol. The van der Waals surface area contributed by atoms with E-state index in [4.69, 9.17) is 0 Å². The molecule has 0 atom stereocenters. The van der Waals surface area contributed by atoms with Crippen LogP contribution in [-0.4, -0.2) is 0 Å². The second-order valence-electron chi connectivity index (χ2n) is 2.44. The lowest BCUT2D eigenvalue weighted by molar-refractivity contribution is 0.583. The van der Waals surface area contributed by atoms with Gasteiger partial charge < -0.3 is 0 Å². The van der Waals surface area contributed by atoms with E-state index in [1.807, 2.05) is 13.8 Å². The zero-order valence-corrected chi connectivity index (χ0v) is 9.48. The first kappa shape index (κ1) is 15.5. The summed E-state index contributed by atoms with van der Waals surface area (Å²) in [4.78, 5) is 0. The van der Waals surface area contributed by atoms with E-state index < -0.39 is 11.6 Å². The number of unbranched alkanes of at least 4 members (excludes halogenated alkanes) is 1. The lowest BCUT2D eigenvalue weighted by atomic mass is 10.3. The van der Waals surface area contributed by atoms with Crippen LogP contribution >= 0.6 is 0 Å². The number of hydrogen-bond donors (Lipinski definition) is 0. The van der Waals surface area contributed by atoms with Gasteiger partial charge >= 0.3 is 0 Å². The molecule has 0 aliphatic carbocycles. The van der Waals surface area contributed by atoms with Gasteiger partial charge in [0.2, 0.25) is 0 Å². The normalized spacial score (nSPS) is 7.86. The van der Waals surface area contributed by atoms with Crippen molar-refractivity contribution in [1.29, 1.82) is 0 Å². The van der Waals surface area contributed by atoms with Crippen LogP contribution in [-0.2, 0) is 0 Å². The fourth-order valence-corrected chi connectivity index (χ4v) is 0.460. The number of benzene rings is 1. The molecule has 2 heteroatoms. The van der Waals surface area contributed by atoms with Gasteiger partial charge in [-0.25, -0.2) is 8.78 Å². The number of hydrogen-bond acceptors (Lipinski definition) is 0. The molecule has 0 saturated heterocycles. The van der Waals surface area contributed by atoms with Gasteiger partial charge in [-0.15, -0.1) is 0 Å². The smallest absolute Gasteiger partial charge is 0.126 e. The van der Waals surface area contributed by atoms with Crippen LogP contribution in [0.3, 0.4) is 0 Å². The van der Waals surface area contributed by atoms with E-state index in [9.17, 15) is 8.78 Å². The Morgan fingerprint density at radius 3 is 1.43 bits per heavy atom. The highest BCUT2D eigenvalue weighted by molar-refractivity contribution is 5.04. The van der Waals surface area contributed by atoms with Crippen LogP contribution in [0.25, 0.3) is 0 Å². The molecule has 0 saturated carbocycles. The monoisotopic (exact) mass is 202 g/mol. The largest absolute Gasteiger partial charge is 0.207 e. The summed E-state index contributed by atoms with van der Waals surface area (Å²) in [6.07, 6.45) is 2.64. The van der Waals surface area contributed by atoms with Crippen LogP contribution < -0.4 is 0 Å². The quantitative estimate of drug-likeness (QED) is 0.613. The van der Waals surface area contributed by atoms with E-state index in [1.165, 1.54) is 31.0 Å². The summed E-state index contributed by atoms with van der Waals surface area (Å²) in [5, 5.41) is 0. The van der Waals surface area contributed by atoms with Crippen molar-refractivity contribution in [3.05, 3.63) is 35.9 Å². The first-order valence-corrected chi connectivity index (χ1v) is 5.11. The molecule has 0 amide bonds. The van der Waals surface area contributed by atoms with Gasteiger partial charge in [-0.3, -0.25) is 0 Å². The zero-order valence-electron chi connectivity index (χ0n) is 9.48. The molecule has 0 heterocycles. The van der Waals surface area contributed by atoms with Gasteiger partial charge in [-0.05, 0) is 12.1 Å². The van der Waals surface area contributed by atoms with Gasteiger partial charge in [0.25, 0.3) is 0 Å². The number of halogens is 2. The van der Waals surface area contributed by atoms with Crippen molar-refractivity contribution in [2.24, 2.45) is 0 Å². The fraction of sp³-hybridized carbons (Fsp3) is 0.500.